The van der Waals surface area contributed by atoms with Crippen LogP contribution in [0.15, 0.2) is 57.4 Å². The molecule has 120 valence electrons. The molecule has 3 aromatic rings. The van der Waals surface area contributed by atoms with Gasteiger partial charge >= 0.3 is 0 Å². The van der Waals surface area contributed by atoms with Crippen LogP contribution in [0.2, 0.25) is 0 Å². The molecule has 0 saturated heterocycles. The molecule has 1 nitrogen and oxygen atoms in total. The molecule has 2 heteroatoms. The number of fused-ring (bicyclic) bond motifs is 1. The lowest BCUT2D eigenvalue weighted by molar-refractivity contribution is 0.630. The van der Waals surface area contributed by atoms with Crippen molar-refractivity contribution in [3.8, 4) is 11.3 Å². The molecule has 0 aliphatic carbocycles. The molecule has 0 spiro atoms. The Labute approximate surface area is 146 Å². The second kappa shape index (κ2) is 7.83. The van der Waals surface area contributed by atoms with Gasteiger partial charge in [-0.3, -0.25) is 0 Å². The molecule has 0 fully saturated rings. The van der Waals surface area contributed by atoms with Crippen molar-refractivity contribution in [3.63, 3.8) is 0 Å². The molecule has 1 heterocycles. The summed E-state index contributed by atoms with van der Waals surface area (Å²) in [5.41, 5.74) is 3.50. The Hall–Kier alpha value is -1.54. The Morgan fingerprint density at radius 2 is 1.65 bits per heavy atom. The van der Waals surface area contributed by atoms with Crippen LogP contribution in [0.25, 0.3) is 22.3 Å². The summed E-state index contributed by atoms with van der Waals surface area (Å²) in [4.78, 5) is 0. The third kappa shape index (κ3) is 4.26. The van der Waals surface area contributed by atoms with Gasteiger partial charge in [0.1, 0.15) is 11.3 Å². The Balaban J connectivity index is 1.66. The van der Waals surface area contributed by atoms with E-state index in [0.29, 0.717) is 0 Å². The van der Waals surface area contributed by atoms with E-state index in [1.165, 1.54) is 44.1 Å². The average molecular weight is 371 g/mol. The third-order valence-electron chi connectivity index (χ3n) is 4.29. The van der Waals surface area contributed by atoms with Crippen molar-refractivity contribution >= 4 is 26.9 Å². The Morgan fingerprint density at radius 3 is 2.43 bits per heavy atom. The second-order valence-corrected chi connectivity index (χ2v) is 7.07. The molecule has 2 aromatic carbocycles. The molecule has 23 heavy (non-hydrogen) atoms. The van der Waals surface area contributed by atoms with Crippen LogP contribution in [-0.4, -0.2) is 0 Å². The van der Waals surface area contributed by atoms with E-state index >= 15 is 0 Å². The molecule has 0 saturated carbocycles. The zero-order valence-electron chi connectivity index (χ0n) is 13.6. The zero-order valence-corrected chi connectivity index (χ0v) is 15.2. The summed E-state index contributed by atoms with van der Waals surface area (Å²) in [6.45, 7) is 2.26. The predicted octanol–water partition coefficient (Wildman–Crippen LogP) is 7.38. The largest absolute Gasteiger partial charge is 0.456 e. The number of unbranched alkanes of at least 4 members (excludes halogenated alkanes) is 4. The van der Waals surface area contributed by atoms with Gasteiger partial charge in [0.25, 0.3) is 0 Å². The molecule has 0 bridgehead atoms. The van der Waals surface area contributed by atoms with Crippen molar-refractivity contribution in [3.05, 3.63) is 58.6 Å². The third-order valence-corrected chi connectivity index (χ3v) is 4.78. The number of hydrogen-bond donors (Lipinski definition) is 0. The summed E-state index contributed by atoms with van der Waals surface area (Å²) < 4.78 is 7.03. The van der Waals surface area contributed by atoms with Gasteiger partial charge in [0.05, 0.1) is 0 Å². The van der Waals surface area contributed by atoms with E-state index in [-0.39, 0.29) is 0 Å². The highest BCUT2D eigenvalue weighted by Crippen LogP contribution is 2.29. The van der Waals surface area contributed by atoms with E-state index in [4.69, 9.17) is 4.42 Å². The first-order valence-corrected chi connectivity index (χ1v) is 9.34. The van der Waals surface area contributed by atoms with Crippen molar-refractivity contribution < 1.29 is 4.42 Å². The molecule has 0 radical (unpaired) electrons. The minimum absolute atomic E-state index is 0.934. The molecule has 0 amide bonds. The van der Waals surface area contributed by atoms with Gasteiger partial charge in [-0.25, -0.2) is 0 Å². The number of hydrogen-bond acceptors (Lipinski definition) is 1. The lowest BCUT2D eigenvalue weighted by Crippen LogP contribution is -1.86. The van der Waals surface area contributed by atoms with Crippen LogP contribution in [0.1, 0.15) is 44.6 Å². The number of halogens is 1. The first-order valence-electron chi connectivity index (χ1n) is 8.54. The van der Waals surface area contributed by atoms with Gasteiger partial charge in [-0.05, 0) is 42.7 Å². The van der Waals surface area contributed by atoms with Crippen molar-refractivity contribution in [1.29, 1.82) is 0 Å². The van der Waals surface area contributed by atoms with Gasteiger partial charge in [-0.1, -0.05) is 72.8 Å². The SMILES string of the molecule is CCCCCCCc1ccc(-c2cc3cc(Br)ccc3o2)cc1. The van der Waals surface area contributed by atoms with Crippen molar-refractivity contribution in [1.82, 2.24) is 0 Å². The minimum Gasteiger partial charge on any atom is -0.456 e. The first-order chi connectivity index (χ1) is 11.3. The average Bonchev–Trinajstić information content (AvgIpc) is 2.98. The van der Waals surface area contributed by atoms with Gasteiger partial charge in [-0.15, -0.1) is 0 Å². The fraction of sp³-hybridized carbons (Fsp3) is 0.333. The standard InChI is InChI=1S/C21H23BrO/c1-2-3-4-5-6-7-16-8-10-17(11-9-16)21-15-18-14-19(22)12-13-20(18)23-21/h8-15H,2-7H2,1H3. The predicted molar refractivity (Wildman–Crippen MR) is 102 cm³/mol. The van der Waals surface area contributed by atoms with Crippen LogP contribution >= 0.6 is 15.9 Å². The van der Waals surface area contributed by atoms with Gasteiger partial charge in [0.2, 0.25) is 0 Å². The Bertz CT molecular complexity index is 755. The van der Waals surface area contributed by atoms with Crippen molar-refractivity contribution in [2.24, 2.45) is 0 Å². The summed E-state index contributed by atoms with van der Waals surface area (Å²) in [6.07, 6.45) is 7.84. The monoisotopic (exact) mass is 370 g/mol. The van der Waals surface area contributed by atoms with Crippen LogP contribution in [0.3, 0.4) is 0 Å². The van der Waals surface area contributed by atoms with Gasteiger partial charge in [0, 0.05) is 15.4 Å². The van der Waals surface area contributed by atoms with Gasteiger partial charge in [0.15, 0.2) is 0 Å². The molecule has 0 aliphatic rings. The van der Waals surface area contributed by atoms with Crippen LogP contribution in [0, 0.1) is 0 Å². The molecular weight excluding hydrogens is 348 g/mol. The molecule has 0 aliphatic heterocycles. The summed E-state index contributed by atoms with van der Waals surface area (Å²) in [7, 11) is 0. The molecular formula is C21H23BrO. The normalized spacial score (nSPS) is 11.2. The summed E-state index contributed by atoms with van der Waals surface area (Å²) in [5, 5.41) is 1.13. The maximum absolute atomic E-state index is 5.95. The summed E-state index contributed by atoms with van der Waals surface area (Å²) >= 11 is 3.51. The summed E-state index contributed by atoms with van der Waals surface area (Å²) in [5.74, 6) is 0.938. The van der Waals surface area contributed by atoms with Gasteiger partial charge < -0.3 is 4.42 Å². The van der Waals surface area contributed by atoms with E-state index in [1.807, 2.05) is 12.1 Å². The Morgan fingerprint density at radius 1 is 0.870 bits per heavy atom. The number of benzene rings is 2. The fourth-order valence-electron chi connectivity index (χ4n) is 2.92. The fourth-order valence-corrected chi connectivity index (χ4v) is 3.30. The Kier molecular flexibility index (Phi) is 5.56. The van der Waals surface area contributed by atoms with Crippen LogP contribution in [0.5, 0.6) is 0 Å². The molecule has 0 unspecified atom stereocenters. The number of rotatable bonds is 7. The topological polar surface area (TPSA) is 13.1 Å². The van der Waals surface area contributed by atoms with E-state index in [9.17, 15) is 0 Å². The minimum atomic E-state index is 0.934. The van der Waals surface area contributed by atoms with E-state index in [2.05, 4.69) is 59.3 Å². The van der Waals surface area contributed by atoms with Crippen molar-refractivity contribution in [2.75, 3.05) is 0 Å². The highest BCUT2D eigenvalue weighted by Gasteiger charge is 2.06. The van der Waals surface area contributed by atoms with Crippen LogP contribution < -0.4 is 0 Å². The first kappa shape index (κ1) is 16.3. The number of aryl methyl sites for hydroxylation is 1. The molecule has 0 atom stereocenters. The maximum Gasteiger partial charge on any atom is 0.135 e. The van der Waals surface area contributed by atoms with Crippen LogP contribution in [0.4, 0.5) is 0 Å². The van der Waals surface area contributed by atoms with Crippen molar-refractivity contribution in [2.45, 2.75) is 45.4 Å². The highest BCUT2D eigenvalue weighted by atomic mass is 79.9. The lowest BCUT2D eigenvalue weighted by Gasteiger charge is -2.03. The molecule has 3 rings (SSSR count). The smallest absolute Gasteiger partial charge is 0.135 e. The maximum atomic E-state index is 5.95. The van der Waals surface area contributed by atoms with Gasteiger partial charge in [-0.2, -0.15) is 0 Å². The van der Waals surface area contributed by atoms with E-state index in [1.54, 1.807) is 0 Å². The second-order valence-electron chi connectivity index (χ2n) is 6.15. The quantitative estimate of drug-likeness (QED) is 0.395. The molecule has 0 N–H and O–H groups in total. The number of furan rings is 1. The van der Waals surface area contributed by atoms with E-state index < -0.39 is 0 Å². The lowest BCUT2D eigenvalue weighted by atomic mass is 10.0. The zero-order chi connectivity index (χ0) is 16.1. The summed E-state index contributed by atoms with van der Waals surface area (Å²) in [6, 6.07) is 17.0. The van der Waals surface area contributed by atoms with E-state index in [0.717, 1.165) is 26.8 Å². The highest BCUT2D eigenvalue weighted by molar-refractivity contribution is 9.10. The molecule has 1 aromatic heterocycles. The van der Waals surface area contributed by atoms with Crippen LogP contribution in [-0.2, 0) is 6.42 Å².